The van der Waals surface area contributed by atoms with Gasteiger partial charge in [-0.2, -0.15) is 0 Å². The van der Waals surface area contributed by atoms with E-state index in [-0.39, 0.29) is 17.3 Å². The van der Waals surface area contributed by atoms with Crippen LogP contribution in [0.2, 0.25) is 0 Å². The number of fused-ring (bicyclic) bond motifs is 1. The molecule has 1 amide bonds. The van der Waals surface area contributed by atoms with Crippen LogP contribution >= 0.6 is 0 Å². The zero-order valence-electron chi connectivity index (χ0n) is 16.4. The lowest BCUT2D eigenvalue weighted by Gasteiger charge is -2.11. The lowest BCUT2D eigenvalue weighted by atomic mass is 10.1. The van der Waals surface area contributed by atoms with Crippen molar-refractivity contribution in [3.05, 3.63) is 88.9 Å². The van der Waals surface area contributed by atoms with E-state index < -0.39 is 4.92 Å². The number of amides is 1. The van der Waals surface area contributed by atoms with E-state index in [4.69, 9.17) is 4.74 Å². The third kappa shape index (κ3) is 4.25. The molecule has 31 heavy (non-hydrogen) atoms. The highest BCUT2D eigenvalue weighted by Crippen LogP contribution is 2.32. The summed E-state index contributed by atoms with van der Waals surface area (Å²) in [6.45, 7) is 0. The first kappa shape index (κ1) is 19.8. The first-order valence-corrected chi connectivity index (χ1v) is 9.30. The number of nitro benzene ring substituents is 1. The summed E-state index contributed by atoms with van der Waals surface area (Å²) in [5.74, 6) is 1.18. The van der Waals surface area contributed by atoms with Gasteiger partial charge in [-0.1, -0.05) is 18.2 Å². The fourth-order valence-corrected chi connectivity index (χ4v) is 3.09. The molecule has 2 N–H and O–H groups in total. The average Bonchev–Trinajstić information content (AvgIpc) is 2.78. The van der Waals surface area contributed by atoms with Gasteiger partial charge in [-0.25, -0.2) is 4.98 Å². The predicted molar refractivity (Wildman–Crippen MR) is 116 cm³/mol. The van der Waals surface area contributed by atoms with Crippen LogP contribution in [-0.2, 0) is 0 Å². The summed E-state index contributed by atoms with van der Waals surface area (Å²) in [6.07, 6.45) is 3.02. The van der Waals surface area contributed by atoms with Crippen LogP contribution in [0, 0.1) is 10.1 Å². The largest absolute Gasteiger partial charge is 0.457 e. The van der Waals surface area contributed by atoms with Crippen molar-refractivity contribution in [2.24, 2.45) is 0 Å². The number of aromatic nitrogens is 2. The predicted octanol–water partition coefficient (Wildman–Crippen LogP) is 4.43. The van der Waals surface area contributed by atoms with Gasteiger partial charge in [0.1, 0.15) is 23.0 Å². The Hall–Kier alpha value is -4.53. The van der Waals surface area contributed by atoms with Crippen LogP contribution in [-0.4, -0.2) is 27.8 Å². The summed E-state index contributed by atoms with van der Waals surface area (Å²) in [5.41, 5.74) is 0.949. The lowest BCUT2D eigenvalue weighted by molar-refractivity contribution is -0.383. The molecule has 154 valence electrons. The number of hydrogen-bond acceptors (Lipinski definition) is 7. The Balaban J connectivity index is 1.61. The van der Waals surface area contributed by atoms with Crippen LogP contribution in [0.4, 0.5) is 17.2 Å². The number of anilines is 2. The van der Waals surface area contributed by atoms with Crippen LogP contribution in [0.5, 0.6) is 11.5 Å². The van der Waals surface area contributed by atoms with Crippen molar-refractivity contribution in [2.75, 3.05) is 12.4 Å². The van der Waals surface area contributed by atoms with E-state index in [2.05, 4.69) is 20.6 Å². The zero-order valence-corrected chi connectivity index (χ0v) is 16.4. The molecule has 0 radical (unpaired) electrons. The molecule has 0 saturated carbocycles. The Kier molecular flexibility index (Phi) is 5.39. The van der Waals surface area contributed by atoms with Gasteiger partial charge >= 0.3 is 0 Å². The van der Waals surface area contributed by atoms with Crippen molar-refractivity contribution in [1.82, 2.24) is 15.3 Å². The van der Waals surface area contributed by atoms with Crippen molar-refractivity contribution in [3.63, 3.8) is 0 Å². The molecular formula is C22H17N5O4. The van der Waals surface area contributed by atoms with E-state index in [0.29, 0.717) is 33.8 Å². The molecule has 0 aliphatic rings. The Morgan fingerprint density at radius 1 is 0.968 bits per heavy atom. The van der Waals surface area contributed by atoms with Crippen molar-refractivity contribution >= 4 is 33.9 Å². The number of carbonyl (C=O) groups is 1. The van der Waals surface area contributed by atoms with E-state index in [1.807, 2.05) is 6.07 Å². The molecule has 0 atom stereocenters. The van der Waals surface area contributed by atoms with Gasteiger partial charge in [0.05, 0.1) is 10.3 Å². The molecular weight excluding hydrogens is 398 g/mol. The first-order chi connectivity index (χ1) is 15.0. The molecule has 0 bridgehead atoms. The molecule has 0 aliphatic heterocycles. The topological polar surface area (TPSA) is 119 Å². The normalized spacial score (nSPS) is 10.5. The molecule has 0 spiro atoms. The number of non-ortho nitro benzene ring substituents is 1. The SMILES string of the molecule is CNC(=O)c1cc(Oc2cccc(Nc3nccc4c([N+](=O)[O-])cccc34)c2)ccn1. The number of benzene rings is 2. The van der Waals surface area contributed by atoms with Crippen LogP contribution in [0.25, 0.3) is 10.8 Å². The van der Waals surface area contributed by atoms with Gasteiger partial charge in [-0.05, 0) is 24.3 Å². The molecule has 2 aromatic heterocycles. The van der Waals surface area contributed by atoms with Gasteiger partial charge in [0.25, 0.3) is 11.6 Å². The van der Waals surface area contributed by atoms with Crippen LogP contribution < -0.4 is 15.4 Å². The maximum atomic E-state index is 11.8. The van der Waals surface area contributed by atoms with Gasteiger partial charge in [0, 0.05) is 48.7 Å². The molecule has 2 aromatic carbocycles. The molecule has 0 unspecified atom stereocenters. The molecule has 9 nitrogen and oxygen atoms in total. The number of hydrogen-bond donors (Lipinski definition) is 2. The zero-order chi connectivity index (χ0) is 21.8. The molecule has 2 heterocycles. The minimum atomic E-state index is -0.414. The molecule has 0 aliphatic carbocycles. The van der Waals surface area contributed by atoms with E-state index in [9.17, 15) is 14.9 Å². The van der Waals surface area contributed by atoms with Crippen molar-refractivity contribution < 1.29 is 14.5 Å². The second kappa shape index (κ2) is 8.46. The minimum absolute atomic E-state index is 0.0182. The van der Waals surface area contributed by atoms with E-state index in [1.165, 1.54) is 25.5 Å². The number of pyridine rings is 2. The smallest absolute Gasteiger partial charge is 0.277 e. The maximum absolute atomic E-state index is 11.8. The number of rotatable bonds is 6. The fourth-order valence-electron chi connectivity index (χ4n) is 3.09. The van der Waals surface area contributed by atoms with Gasteiger partial charge < -0.3 is 15.4 Å². The minimum Gasteiger partial charge on any atom is -0.457 e. The summed E-state index contributed by atoms with van der Waals surface area (Å²) >= 11 is 0. The third-order valence-corrected chi connectivity index (χ3v) is 4.50. The second-order valence-electron chi connectivity index (χ2n) is 6.50. The number of nitro groups is 1. The summed E-state index contributed by atoms with van der Waals surface area (Å²) in [5, 5.41) is 18.1. The monoisotopic (exact) mass is 415 g/mol. The average molecular weight is 415 g/mol. The van der Waals surface area contributed by atoms with E-state index in [1.54, 1.807) is 48.5 Å². The second-order valence-corrected chi connectivity index (χ2v) is 6.50. The maximum Gasteiger partial charge on any atom is 0.277 e. The molecule has 9 heteroatoms. The number of carbonyl (C=O) groups excluding carboxylic acids is 1. The number of ether oxygens (including phenoxy) is 1. The molecule has 0 fully saturated rings. The summed E-state index contributed by atoms with van der Waals surface area (Å²) in [7, 11) is 1.53. The lowest BCUT2D eigenvalue weighted by Crippen LogP contribution is -2.18. The molecule has 0 saturated heterocycles. The summed E-state index contributed by atoms with van der Waals surface area (Å²) in [4.78, 5) is 31.0. The van der Waals surface area contributed by atoms with Gasteiger partial charge in [-0.15, -0.1) is 0 Å². The van der Waals surface area contributed by atoms with Crippen LogP contribution in [0.3, 0.4) is 0 Å². The van der Waals surface area contributed by atoms with Gasteiger partial charge in [-0.3, -0.25) is 19.9 Å². The van der Waals surface area contributed by atoms with E-state index in [0.717, 1.165) is 0 Å². The Morgan fingerprint density at radius 3 is 2.55 bits per heavy atom. The summed E-state index contributed by atoms with van der Waals surface area (Å²) in [6, 6.07) is 16.8. The van der Waals surface area contributed by atoms with Gasteiger partial charge in [0.15, 0.2) is 0 Å². The summed E-state index contributed by atoms with van der Waals surface area (Å²) < 4.78 is 5.86. The molecule has 4 aromatic rings. The first-order valence-electron chi connectivity index (χ1n) is 9.30. The van der Waals surface area contributed by atoms with Crippen molar-refractivity contribution in [1.29, 1.82) is 0 Å². The highest BCUT2D eigenvalue weighted by Gasteiger charge is 2.14. The van der Waals surface area contributed by atoms with Crippen LogP contribution in [0.15, 0.2) is 73.1 Å². The Bertz CT molecular complexity index is 1290. The van der Waals surface area contributed by atoms with Crippen LogP contribution in [0.1, 0.15) is 10.5 Å². The third-order valence-electron chi connectivity index (χ3n) is 4.50. The van der Waals surface area contributed by atoms with E-state index >= 15 is 0 Å². The Labute approximate surface area is 176 Å². The number of nitrogens with zero attached hydrogens (tertiary/aromatic N) is 3. The van der Waals surface area contributed by atoms with Gasteiger partial charge in [0.2, 0.25) is 0 Å². The number of nitrogens with one attached hydrogen (secondary N) is 2. The fraction of sp³-hybridized carbons (Fsp3) is 0.0455. The highest BCUT2D eigenvalue weighted by molar-refractivity contribution is 5.98. The standard InChI is InChI=1S/C22H17N5O4/c1-23-22(28)19-13-16(8-10-24-19)31-15-5-2-4-14(12-15)26-21-18-6-3-7-20(27(29)30)17(18)9-11-25-21/h2-13H,1H3,(H,23,28)(H,25,26). The highest BCUT2D eigenvalue weighted by atomic mass is 16.6. The van der Waals surface area contributed by atoms with Crippen molar-refractivity contribution in [3.8, 4) is 11.5 Å². The quantitative estimate of drug-likeness (QED) is 0.353. The van der Waals surface area contributed by atoms with Crippen molar-refractivity contribution in [2.45, 2.75) is 0 Å². The Morgan fingerprint density at radius 2 is 1.74 bits per heavy atom. The molecule has 4 rings (SSSR count).